The zero-order valence-electron chi connectivity index (χ0n) is 39.9. The summed E-state index contributed by atoms with van der Waals surface area (Å²) in [7, 11) is 0. The van der Waals surface area contributed by atoms with E-state index in [1.807, 2.05) is 0 Å². The van der Waals surface area contributed by atoms with Crippen molar-refractivity contribution in [2.45, 2.75) is 223 Å². The Labute approximate surface area is 355 Å². The van der Waals surface area contributed by atoms with Crippen molar-refractivity contribution in [3.05, 3.63) is 0 Å². The Kier molecular flexibility index (Phi) is 20.2. The number of hydrogen-bond acceptors (Lipinski definition) is 0. The van der Waals surface area contributed by atoms with Crippen molar-refractivity contribution in [2.75, 3.05) is 0 Å². The third-order valence-corrected chi connectivity index (χ3v) is 79.8. The molecule has 0 fully saturated rings. The summed E-state index contributed by atoms with van der Waals surface area (Å²) in [6.07, 6.45) is 0. The van der Waals surface area contributed by atoms with E-state index in [4.69, 9.17) is 0 Å². The summed E-state index contributed by atoms with van der Waals surface area (Å²) in [6.45, 7) is 58.5. The van der Waals surface area contributed by atoms with E-state index in [0.717, 1.165) is 0 Å². The van der Waals surface area contributed by atoms with E-state index in [1.54, 1.807) is 0 Å². The van der Waals surface area contributed by atoms with Gasteiger partial charge in [-0.2, -0.15) is 0 Å². The third-order valence-electron chi connectivity index (χ3n) is 13.8. The Morgan fingerprint density at radius 2 is 0.204 bits per heavy atom. The van der Waals surface area contributed by atoms with Gasteiger partial charge >= 0.3 is 360 Å². The van der Waals surface area contributed by atoms with Gasteiger partial charge in [-0.05, 0) is 0 Å². The molecule has 0 spiro atoms. The Hall–Kier alpha value is 0.617. The van der Waals surface area contributed by atoms with Gasteiger partial charge < -0.3 is 0 Å². The van der Waals surface area contributed by atoms with E-state index < -0.39 is 79.6 Å². The molecule has 0 unspecified atom stereocenters. The van der Waals surface area contributed by atoms with Crippen molar-refractivity contribution in [3.63, 3.8) is 0 Å². The quantitative estimate of drug-likeness (QED) is 0.135. The van der Waals surface area contributed by atoms with Crippen LogP contribution in [-0.2, 0) is 0 Å². The molecule has 0 atom stereocenters. The SMILES string of the molecule is C[CH](C)[Ge]1([CH](C)C)[C]#[C][Ge]([CH](C)C)([CH](C)C)[C]#[C][Ge]([CH](C)C)([CH](C)C)[C]#[C][Ge]([CH](C)C)([CH](C)C)[C]#[C][Ge]([CH](C)C)([CH](C)C)[C]#[C][Ge]([CH](C)C)([CH](C)C)[C]#[C]1. The van der Waals surface area contributed by atoms with Crippen molar-refractivity contribution in [1.82, 2.24) is 0 Å². The van der Waals surface area contributed by atoms with Gasteiger partial charge in [-0.25, -0.2) is 0 Å². The molecule has 0 aromatic heterocycles. The minimum atomic E-state index is -3.13. The summed E-state index contributed by atoms with van der Waals surface area (Å²) in [5.41, 5.74) is 0. The molecule has 0 saturated carbocycles. The summed E-state index contributed by atoms with van der Waals surface area (Å²) in [5, 5.41) is 0. The molecule has 0 aromatic carbocycles. The van der Waals surface area contributed by atoms with Gasteiger partial charge in [0.25, 0.3) is 0 Å². The number of rotatable bonds is 12. The molecule has 0 aromatic rings. The fourth-order valence-electron chi connectivity index (χ4n) is 8.89. The summed E-state index contributed by atoms with van der Waals surface area (Å²) in [4.78, 5) is 0. The van der Waals surface area contributed by atoms with E-state index in [1.165, 1.54) is 0 Å². The second kappa shape index (κ2) is 20.7. The predicted molar refractivity (Wildman–Crippen MR) is 262 cm³/mol. The number of hydrogen-bond donors (Lipinski definition) is 0. The van der Waals surface area contributed by atoms with Gasteiger partial charge in [-0.1, -0.05) is 0 Å². The van der Waals surface area contributed by atoms with Crippen LogP contribution in [0, 0.1) is 57.0 Å². The molecule has 1 aliphatic heterocycles. The van der Waals surface area contributed by atoms with Gasteiger partial charge in [0.2, 0.25) is 0 Å². The predicted octanol–water partition coefficient (Wildman–Crippen LogP) is 14.1. The first-order chi connectivity index (χ1) is 24.6. The molecule has 1 rings (SSSR count). The Morgan fingerprint density at radius 3 is 0.241 bits per heavy atom. The van der Waals surface area contributed by atoms with E-state index in [-0.39, 0.29) is 0 Å². The molecule has 1 aliphatic rings. The minimum absolute atomic E-state index is 0.477. The van der Waals surface area contributed by atoms with Gasteiger partial charge in [-0.3, -0.25) is 0 Å². The van der Waals surface area contributed by atoms with Crippen LogP contribution in [0.25, 0.3) is 0 Å². The monoisotopic (exact) mass is 1100 g/mol. The van der Waals surface area contributed by atoms with Crippen LogP contribution in [-0.4, -0.2) is 79.6 Å². The van der Waals surface area contributed by atoms with Crippen LogP contribution in [0.15, 0.2) is 0 Å². The fourth-order valence-corrected chi connectivity index (χ4v) is 73.3. The molecule has 0 nitrogen and oxygen atoms in total. The van der Waals surface area contributed by atoms with Crippen molar-refractivity contribution in [3.8, 4) is 57.0 Å². The normalized spacial score (nSPS) is 19.8. The molecule has 0 aliphatic carbocycles. The first-order valence-electron chi connectivity index (χ1n) is 21.8. The van der Waals surface area contributed by atoms with E-state index in [9.17, 15) is 0 Å². The zero-order valence-corrected chi connectivity index (χ0v) is 52.5. The van der Waals surface area contributed by atoms with Gasteiger partial charge in [0.1, 0.15) is 0 Å². The second-order valence-electron chi connectivity index (χ2n) is 20.6. The van der Waals surface area contributed by atoms with Crippen molar-refractivity contribution >= 4 is 79.6 Å². The molecule has 1 heterocycles. The van der Waals surface area contributed by atoms with Crippen LogP contribution in [0.4, 0.5) is 0 Å². The average molecular weight is 1100 g/mol. The molecule has 0 radical (unpaired) electrons. The molecular weight excluding hydrogens is 1010 g/mol. The molecule has 300 valence electrons. The topological polar surface area (TPSA) is 0 Å². The molecule has 0 N–H and O–H groups in total. The molecule has 6 heteroatoms. The zero-order chi connectivity index (χ0) is 42.4. The van der Waals surface area contributed by atoms with E-state index in [0.29, 0.717) is 57.0 Å². The molecule has 0 amide bonds. The summed E-state index contributed by atoms with van der Waals surface area (Å²) in [5.74, 6) is 0. The van der Waals surface area contributed by atoms with Crippen molar-refractivity contribution in [2.24, 2.45) is 0 Å². The van der Waals surface area contributed by atoms with Gasteiger partial charge in [0, 0.05) is 0 Å². The maximum absolute atomic E-state index is 4.30. The molecule has 0 saturated heterocycles. The van der Waals surface area contributed by atoms with Crippen LogP contribution in [0.1, 0.15) is 166 Å². The van der Waals surface area contributed by atoms with Gasteiger partial charge in [-0.15, -0.1) is 0 Å². The molecule has 54 heavy (non-hydrogen) atoms. The molecular formula is C48H84Ge6. The first kappa shape index (κ1) is 52.6. The average Bonchev–Trinajstić information content (AvgIpc) is 3.02. The second-order valence-corrected chi connectivity index (χ2v) is 77.8. The van der Waals surface area contributed by atoms with Crippen LogP contribution in [0.5, 0.6) is 0 Å². The molecule has 0 bridgehead atoms. The van der Waals surface area contributed by atoms with Crippen molar-refractivity contribution < 1.29 is 0 Å². The van der Waals surface area contributed by atoms with Gasteiger partial charge in [0.05, 0.1) is 0 Å². The summed E-state index contributed by atoms with van der Waals surface area (Å²) >= 11 is -18.8. The third kappa shape index (κ3) is 10.7. The van der Waals surface area contributed by atoms with Crippen LogP contribution >= 0.6 is 0 Å². The van der Waals surface area contributed by atoms with E-state index >= 15 is 0 Å². The Bertz CT molecular complexity index is 1230. The first-order valence-corrected chi connectivity index (χ1v) is 48.9. The van der Waals surface area contributed by atoms with Crippen LogP contribution in [0.2, 0.25) is 57.0 Å². The fraction of sp³-hybridized carbons (Fsp3) is 0.750. The summed E-state index contributed by atoms with van der Waals surface area (Å²) in [6, 6.07) is 0. The summed E-state index contributed by atoms with van der Waals surface area (Å²) < 4.78 is 57.3. The Morgan fingerprint density at radius 1 is 0.148 bits per heavy atom. The Balaban J connectivity index is 5.16. The van der Waals surface area contributed by atoms with E-state index in [2.05, 4.69) is 223 Å². The van der Waals surface area contributed by atoms with Gasteiger partial charge in [0.15, 0.2) is 0 Å². The standard InChI is InChI=1S/C48H84Ge6/c1-37(2)49(38(3)4)25-27-50(39(5)6,40(7)8)29-31-52(43(13)14,44(15)16)33-35-54(47(21)22,48(23)24)36-34-53(45(17)18,46(19)20)32-30-51(28-26-49,41(9)10)42(11)12/h37-48H,1-24H3. The van der Waals surface area contributed by atoms with Crippen molar-refractivity contribution in [1.29, 1.82) is 0 Å². The van der Waals surface area contributed by atoms with Crippen LogP contribution in [0.3, 0.4) is 0 Å². The van der Waals surface area contributed by atoms with Crippen LogP contribution < -0.4 is 0 Å². The maximum atomic E-state index is 4.30.